The zero-order valence-corrected chi connectivity index (χ0v) is 14.7. The number of rotatable bonds is 8. The largest absolute Gasteiger partial charge is 0.494 e. The maximum atomic E-state index is 12.1. The maximum Gasteiger partial charge on any atom is 0.243 e. The van der Waals surface area contributed by atoms with E-state index in [1.807, 2.05) is 56.3 Å². The van der Waals surface area contributed by atoms with E-state index in [0.29, 0.717) is 0 Å². The van der Waals surface area contributed by atoms with E-state index >= 15 is 0 Å². The van der Waals surface area contributed by atoms with Crippen LogP contribution in [0.2, 0.25) is 0 Å². The first-order chi connectivity index (χ1) is 11.6. The van der Waals surface area contributed by atoms with Gasteiger partial charge in [0.1, 0.15) is 5.75 Å². The van der Waals surface area contributed by atoms with Gasteiger partial charge in [-0.2, -0.15) is 0 Å². The third-order valence-electron chi connectivity index (χ3n) is 3.82. The molecule has 128 valence electrons. The predicted octanol–water partition coefficient (Wildman–Crippen LogP) is 4.53. The molecule has 0 radical (unpaired) electrons. The molecule has 2 aromatic carbocycles. The molecule has 0 saturated carbocycles. The van der Waals surface area contributed by atoms with Crippen LogP contribution < -0.4 is 15.4 Å². The minimum atomic E-state index is -0.0596. The van der Waals surface area contributed by atoms with E-state index in [2.05, 4.69) is 17.6 Å². The number of nitrogens with one attached hydrogen (secondary N) is 2. The van der Waals surface area contributed by atoms with E-state index in [-0.39, 0.29) is 12.5 Å². The van der Waals surface area contributed by atoms with Crippen LogP contribution in [0.4, 0.5) is 11.4 Å². The molecule has 24 heavy (non-hydrogen) atoms. The van der Waals surface area contributed by atoms with Crippen LogP contribution in [0.3, 0.4) is 0 Å². The third kappa shape index (κ3) is 5.30. The highest BCUT2D eigenvalue weighted by atomic mass is 16.5. The van der Waals surface area contributed by atoms with Gasteiger partial charge in [-0.1, -0.05) is 31.5 Å². The summed E-state index contributed by atoms with van der Waals surface area (Å²) in [6.07, 6.45) is 2.17. The minimum absolute atomic E-state index is 0.0596. The third-order valence-corrected chi connectivity index (χ3v) is 3.82. The van der Waals surface area contributed by atoms with Gasteiger partial charge in [0, 0.05) is 11.4 Å². The van der Waals surface area contributed by atoms with Crippen molar-refractivity contribution in [3.05, 3.63) is 53.6 Å². The highest BCUT2D eigenvalue weighted by Crippen LogP contribution is 2.19. The van der Waals surface area contributed by atoms with Crippen molar-refractivity contribution in [2.24, 2.45) is 0 Å². The first kappa shape index (κ1) is 17.9. The lowest BCUT2D eigenvalue weighted by Gasteiger charge is -2.12. The van der Waals surface area contributed by atoms with Crippen molar-refractivity contribution in [2.45, 2.75) is 33.6 Å². The molecule has 0 aliphatic heterocycles. The minimum Gasteiger partial charge on any atom is -0.494 e. The lowest BCUT2D eigenvalue weighted by atomic mass is 10.1. The Morgan fingerprint density at radius 3 is 2.33 bits per heavy atom. The lowest BCUT2D eigenvalue weighted by Crippen LogP contribution is -2.22. The summed E-state index contributed by atoms with van der Waals surface area (Å²) in [6.45, 7) is 7.09. The fraction of sp³-hybridized carbons (Fsp3) is 0.350. The fourth-order valence-corrected chi connectivity index (χ4v) is 2.38. The summed E-state index contributed by atoms with van der Waals surface area (Å²) < 4.78 is 5.63. The van der Waals surface area contributed by atoms with Gasteiger partial charge in [-0.3, -0.25) is 4.79 Å². The lowest BCUT2D eigenvalue weighted by molar-refractivity contribution is -0.114. The van der Waals surface area contributed by atoms with Crippen molar-refractivity contribution in [3.8, 4) is 5.75 Å². The molecule has 1 amide bonds. The van der Waals surface area contributed by atoms with E-state index in [0.717, 1.165) is 47.7 Å². The molecule has 2 N–H and O–H groups in total. The van der Waals surface area contributed by atoms with Gasteiger partial charge in [0.15, 0.2) is 0 Å². The van der Waals surface area contributed by atoms with Crippen molar-refractivity contribution in [2.75, 3.05) is 23.8 Å². The maximum absolute atomic E-state index is 12.1. The summed E-state index contributed by atoms with van der Waals surface area (Å²) >= 11 is 0. The molecule has 0 saturated heterocycles. The van der Waals surface area contributed by atoms with Crippen molar-refractivity contribution in [3.63, 3.8) is 0 Å². The molecule has 0 aliphatic rings. The van der Waals surface area contributed by atoms with Crippen LogP contribution >= 0.6 is 0 Å². The first-order valence-corrected chi connectivity index (χ1v) is 8.43. The van der Waals surface area contributed by atoms with Crippen LogP contribution in [0.1, 0.15) is 30.9 Å². The second-order valence-electron chi connectivity index (χ2n) is 5.89. The Hall–Kier alpha value is -2.49. The molecular formula is C20H26N2O2. The molecule has 0 fully saturated rings. The molecule has 2 aromatic rings. The van der Waals surface area contributed by atoms with Gasteiger partial charge in [0.05, 0.1) is 13.2 Å². The molecular weight excluding hydrogens is 300 g/mol. The molecule has 4 heteroatoms. The van der Waals surface area contributed by atoms with Gasteiger partial charge in [-0.25, -0.2) is 0 Å². The zero-order valence-electron chi connectivity index (χ0n) is 14.7. The molecule has 0 spiro atoms. The summed E-state index contributed by atoms with van der Waals surface area (Å²) in [6, 6.07) is 13.7. The topological polar surface area (TPSA) is 50.4 Å². The standard InChI is InChI=1S/C20H26N2O2/c1-4-5-13-24-18-11-9-17(10-12-18)21-14-19(23)22-20-15(2)7-6-8-16(20)3/h6-12,21H,4-5,13-14H2,1-3H3,(H,22,23). The van der Waals surface area contributed by atoms with E-state index in [1.165, 1.54) is 0 Å². The van der Waals surface area contributed by atoms with Crippen LogP contribution in [0.25, 0.3) is 0 Å². The highest BCUT2D eigenvalue weighted by Gasteiger charge is 2.07. The Bertz CT molecular complexity index is 646. The number of amides is 1. The van der Waals surface area contributed by atoms with E-state index < -0.39 is 0 Å². The normalized spacial score (nSPS) is 10.3. The fourth-order valence-electron chi connectivity index (χ4n) is 2.38. The number of anilines is 2. The number of para-hydroxylation sites is 1. The number of carbonyl (C=O) groups excluding carboxylic acids is 1. The summed E-state index contributed by atoms with van der Waals surface area (Å²) in [5, 5.41) is 6.10. The Morgan fingerprint density at radius 2 is 1.71 bits per heavy atom. The number of hydrogen-bond acceptors (Lipinski definition) is 3. The van der Waals surface area contributed by atoms with Gasteiger partial charge in [0.2, 0.25) is 5.91 Å². The number of carbonyl (C=O) groups is 1. The van der Waals surface area contributed by atoms with Gasteiger partial charge in [0.25, 0.3) is 0 Å². The zero-order chi connectivity index (χ0) is 17.4. The highest BCUT2D eigenvalue weighted by molar-refractivity contribution is 5.95. The molecule has 2 rings (SSSR count). The number of benzene rings is 2. The van der Waals surface area contributed by atoms with Crippen LogP contribution in [0.5, 0.6) is 5.75 Å². The number of hydrogen-bond donors (Lipinski definition) is 2. The Labute approximate surface area is 144 Å². The van der Waals surface area contributed by atoms with Gasteiger partial charge < -0.3 is 15.4 Å². The Morgan fingerprint density at radius 1 is 1.04 bits per heavy atom. The molecule has 0 bridgehead atoms. The van der Waals surface area contributed by atoms with Crippen LogP contribution in [0, 0.1) is 13.8 Å². The SMILES string of the molecule is CCCCOc1ccc(NCC(=O)Nc2c(C)cccc2C)cc1. The van der Waals surface area contributed by atoms with Crippen LogP contribution in [0.15, 0.2) is 42.5 Å². The number of ether oxygens (including phenoxy) is 1. The summed E-state index contributed by atoms with van der Waals surface area (Å²) in [4.78, 5) is 12.1. The van der Waals surface area contributed by atoms with Gasteiger partial charge in [-0.05, 0) is 55.7 Å². The summed E-state index contributed by atoms with van der Waals surface area (Å²) in [7, 11) is 0. The first-order valence-electron chi connectivity index (χ1n) is 8.43. The quantitative estimate of drug-likeness (QED) is 0.701. The van der Waals surface area contributed by atoms with Crippen molar-refractivity contribution in [1.82, 2.24) is 0 Å². The van der Waals surface area contributed by atoms with E-state index in [1.54, 1.807) is 0 Å². The summed E-state index contributed by atoms with van der Waals surface area (Å²) in [5.41, 5.74) is 3.92. The van der Waals surface area contributed by atoms with Crippen LogP contribution in [-0.4, -0.2) is 19.1 Å². The predicted molar refractivity (Wildman–Crippen MR) is 99.9 cm³/mol. The average molecular weight is 326 g/mol. The monoisotopic (exact) mass is 326 g/mol. The Kier molecular flexibility index (Phi) is 6.67. The molecule has 4 nitrogen and oxygen atoms in total. The van der Waals surface area contributed by atoms with E-state index in [4.69, 9.17) is 4.74 Å². The number of unbranched alkanes of at least 4 members (excludes halogenated alkanes) is 1. The van der Waals surface area contributed by atoms with Crippen molar-refractivity contribution in [1.29, 1.82) is 0 Å². The second-order valence-corrected chi connectivity index (χ2v) is 5.89. The molecule has 0 aromatic heterocycles. The number of aryl methyl sites for hydroxylation is 2. The van der Waals surface area contributed by atoms with Gasteiger partial charge >= 0.3 is 0 Å². The van der Waals surface area contributed by atoms with Gasteiger partial charge in [-0.15, -0.1) is 0 Å². The van der Waals surface area contributed by atoms with E-state index in [9.17, 15) is 4.79 Å². The molecule has 0 unspecified atom stereocenters. The van der Waals surface area contributed by atoms with Crippen molar-refractivity contribution < 1.29 is 9.53 Å². The second kappa shape index (κ2) is 8.96. The summed E-state index contributed by atoms with van der Waals surface area (Å²) in [5.74, 6) is 0.796. The molecule has 0 aliphatic carbocycles. The smallest absolute Gasteiger partial charge is 0.243 e. The Balaban J connectivity index is 1.83. The average Bonchev–Trinajstić information content (AvgIpc) is 2.58. The van der Waals surface area contributed by atoms with Crippen LogP contribution in [-0.2, 0) is 4.79 Å². The molecule has 0 atom stereocenters. The van der Waals surface area contributed by atoms with Crippen molar-refractivity contribution >= 4 is 17.3 Å². The molecule has 0 heterocycles.